The molecule has 0 radical (unpaired) electrons. The molecule has 0 saturated carbocycles. The van der Waals surface area contributed by atoms with E-state index in [9.17, 15) is 9.18 Å². The first-order chi connectivity index (χ1) is 14.0. The fourth-order valence-electron chi connectivity index (χ4n) is 3.47. The first-order valence-electron chi connectivity index (χ1n) is 9.68. The molecule has 1 amide bonds. The largest absolute Gasteiger partial charge is 0.493 e. The molecule has 2 aromatic carbocycles. The standard InChI is InChI=1S/C22H28FN3O3/c1-24(15-17-4-9-20(28-2)21(14-17)29-3)22(27)16-25-10-12-26(13-11-25)19-7-5-18(23)6-8-19/h4-9,14H,10-13,15-16H2,1-3H3. The van der Waals surface area contributed by atoms with Crippen molar-refractivity contribution >= 4 is 11.6 Å². The highest BCUT2D eigenvalue weighted by molar-refractivity contribution is 5.78. The lowest BCUT2D eigenvalue weighted by Gasteiger charge is -2.36. The maximum atomic E-state index is 13.1. The minimum absolute atomic E-state index is 0.0787. The van der Waals surface area contributed by atoms with Crippen LogP contribution in [-0.2, 0) is 11.3 Å². The molecule has 0 atom stereocenters. The van der Waals surface area contributed by atoms with Gasteiger partial charge in [-0.05, 0) is 42.0 Å². The van der Waals surface area contributed by atoms with E-state index >= 15 is 0 Å². The Morgan fingerprint density at radius 1 is 1.00 bits per heavy atom. The zero-order valence-corrected chi connectivity index (χ0v) is 17.2. The molecule has 3 rings (SSSR count). The van der Waals surface area contributed by atoms with E-state index in [2.05, 4.69) is 9.80 Å². The fraction of sp³-hybridized carbons (Fsp3) is 0.409. The molecule has 0 N–H and O–H groups in total. The van der Waals surface area contributed by atoms with Gasteiger partial charge in [0.2, 0.25) is 5.91 Å². The molecule has 0 spiro atoms. The lowest BCUT2D eigenvalue weighted by Crippen LogP contribution is -2.49. The number of anilines is 1. The number of rotatable bonds is 7. The summed E-state index contributed by atoms with van der Waals surface area (Å²) in [5, 5.41) is 0. The fourth-order valence-corrected chi connectivity index (χ4v) is 3.47. The maximum absolute atomic E-state index is 13.1. The number of hydrogen-bond acceptors (Lipinski definition) is 5. The predicted molar refractivity (Wildman–Crippen MR) is 111 cm³/mol. The van der Waals surface area contributed by atoms with E-state index in [0.717, 1.165) is 37.4 Å². The average Bonchev–Trinajstić information content (AvgIpc) is 2.74. The topological polar surface area (TPSA) is 45.2 Å². The highest BCUT2D eigenvalue weighted by atomic mass is 19.1. The van der Waals surface area contributed by atoms with E-state index in [-0.39, 0.29) is 11.7 Å². The van der Waals surface area contributed by atoms with Crippen LogP contribution in [0.1, 0.15) is 5.56 Å². The van der Waals surface area contributed by atoms with Crippen LogP contribution in [0.5, 0.6) is 11.5 Å². The zero-order valence-electron chi connectivity index (χ0n) is 17.2. The molecule has 0 bridgehead atoms. The summed E-state index contributed by atoms with van der Waals surface area (Å²) < 4.78 is 23.7. The molecule has 6 nitrogen and oxygen atoms in total. The maximum Gasteiger partial charge on any atom is 0.236 e. The van der Waals surface area contributed by atoms with Crippen LogP contribution in [0.15, 0.2) is 42.5 Å². The first kappa shape index (κ1) is 20.9. The van der Waals surface area contributed by atoms with Crippen molar-refractivity contribution in [2.24, 2.45) is 0 Å². The van der Waals surface area contributed by atoms with Gasteiger partial charge in [0.25, 0.3) is 0 Å². The molecule has 1 fully saturated rings. The number of carbonyl (C=O) groups is 1. The minimum atomic E-state index is -0.226. The van der Waals surface area contributed by atoms with Gasteiger partial charge in [-0.1, -0.05) is 6.07 Å². The molecular formula is C22H28FN3O3. The molecule has 1 aliphatic heterocycles. The van der Waals surface area contributed by atoms with Crippen LogP contribution in [0.3, 0.4) is 0 Å². The van der Waals surface area contributed by atoms with E-state index in [1.807, 2.05) is 25.2 Å². The Bertz CT molecular complexity index is 821. The SMILES string of the molecule is COc1ccc(CN(C)C(=O)CN2CCN(c3ccc(F)cc3)CC2)cc1OC. The Kier molecular flexibility index (Phi) is 6.93. The monoisotopic (exact) mass is 401 g/mol. The van der Waals surface area contributed by atoms with Crippen molar-refractivity contribution in [2.45, 2.75) is 6.54 Å². The van der Waals surface area contributed by atoms with Crippen LogP contribution < -0.4 is 14.4 Å². The van der Waals surface area contributed by atoms with E-state index in [0.29, 0.717) is 24.6 Å². The number of halogens is 1. The van der Waals surface area contributed by atoms with Crippen LogP contribution in [-0.4, -0.2) is 69.7 Å². The predicted octanol–water partition coefficient (Wildman–Crippen LogP) is 2.62. The highest BCUT2D eigenvalue weighted by Crippen LogP contribution is 2.28. The first-order valence-corrected chi connectivity index (χ1v) is 9.68. The van der Waals surface area contributed by atoms with Crippen molar-refractivity contribution in [3.05, 3.63) is 53.8 Å². The average molecular weight is 401 g/mol. The third-order valence-electron chi connectivity index (χ3n) is 5.22. The lowest BCUT2D eigenvalue weighted by molar-refractivity contribution is -0.131. The van der Waals surface area contributed by atoms with Gasteiger partial charge in [-0.2, -0.15) is 0 Å². The lowest BCUT2D eigenvalue weighted by atomic mass is 10.2. The number of carbonyl (C=O) groups excluding carboxylic acids is 1. The van der Waals surface area contributed by atoms with Crippen LogP contribution in [0.25, 0.3) is 0 Å². The van der Waals surface area contributed by atoms with E-state index < -0.39 is 0 Å². The Labute approximate surface area is 171 Å². The van der Waals surface area contributed by atoms with Crippen molar-refractivity contribution in [3.8, 4) is 11.5 Å². The van der Waals surface area contributed by atoms with E-state index in [1.54, 1.807) is 31.3 Å². The van der Waals surface area contributed by atoms with E-state index in [4.69, 9.17) is 9.47 Å². The van der Waals surface area contributed by atoms with Gasteiger partial charge in [0.15, 0.2) is 11.5 Å². The molecule has 1 saturated heterocycles. The van der Waals surface area contributed by atoms with Gasteiger partial charge < -0.3 is 19.3 Å². The van der Waals surface area contributed by atoms with Crippen molar-refractivity contribution in [3.63, 3.8) is 0 Å². The normalized spacial score (nSPS) is 14.6. The molecule has 7 heteroatoms. The molecule has 156 valence electrons. The summed E-state index contributed by atoms with van der Waals surface area (Å²) in [6, 6.07) is 12.2. The molecule has 1 aliphatic rings. The van der Waals surface area contributed by atoms with Crippen LogP contribution >= 0.6 is 0 Å². The Hall–Kier alpha value is -2.80. The highest BCUT2D eigenvalue weighted by Gasteiger charge is 2.21. The van der Waals surface area contributed by atoms with Gasteiger partial charge in [0.1, 0.15) is 5.82 Å². The van der Waals surface area contributed by atoms with Crippen LogP contribution in [0.2, 0.25) is 0 Å². The summed E-state index contributed by atoms with van der Waals surface area (Å²) in [7, 11) is 5.01. The summed E-state index contributed by atoms with van der Waals surface area (Å²) in [6.45, 7) is 4.13. The van der Waals surface area contributed by atoms with Gasteiger partial charge in [-0.25, -0.2) is 4.39 Å². The summed E-state index contributed by atoms with van der Waals surface area (Å²) in [6.07, 6.45) is 0. The Morgan fingerprint density at radius 2 is 1.66 bits per heavy atom. The Balaban J connectivity index is 1.49. The van der Waals surface area contributed by atoms with Gasteiger partial charge in [0.05, 0.1) is 20.8 Å². The van der Waals surface area contributed by atoms with Crippen molar-refractivity contribution in [2.75, 3.05) is 58.9 Å². The number of methoxy groups -OCH3 is 2. The van der Waals surface area contributed by atoms with Crippen molar-refractivity contribution in [1.29, 1.82) is 0 Å². The summed E-state index contributed by atoms with van der Waals surface area (Å²) >= 11 is 0. The molecule has 2 aromatic rings. The van der Waals surface area contributed by atoms with Crippen molar-refractivity contribution in [1.82, 2.24) is 9.80 Å². The summed E-state index contributed by atoms with van der Waals surface area (Å²) in [5.74, 6) is 1.18. The van der Waals surface area contributed by atoms with Gasteiger partial charge >= 0.3 is 0 Å². The number of ether oxygens (including phenoxy) is 2. The molecular weight excluding hydrogens is 373 g/mol. The number of piperazine rings is 1. The van der Waals surface area contributed by atoms with Crippen LogP contribution in [0.4, 0.5) is 10.1 Å². The molecule has 0 unspecified atom stereocenters. The number of likely N-dealkylation sites (N-methyl/N-ethyl adjacent to an activating group) is 1. The second-order valence-electron chi connectivity index (χ2n) is 7.18. The third-order valence-corrected chi connectivity index (χ3v) is 5.22. The molecule has 1 heterocycles. The molecule has 0 aliphatic carbocycles. The minimum Gasteiger partial charge on any atom is -0.493 e. The van der Waals surface area contributed by atoms with Gasteiger partial charge in [-0.15, -0.1) is 0 Å². The molecule has 0 aromatic heterocycles. The van der Waals surface area contributed by atoms with Gasteiger partial charge in [0, 0.05) is 45.5 Å². The summed E-state index contributed by atoms with van der Waals surface area (Å²) in [4.78, 5) is 18.8. The van der Waals surface area contributed by atoms with Gasteiger partial charge in [-0.3, -0.25) is 9.69 Å². The zero-order chi connectivity index (χ0) is 20.8. The second-order valence-corrected chi connectivity index (χ2v) is 7.18. The number of nitrogens with zero attached hydrogens (tertiary/aromatic N) is 3. The van der Waals surface area contributed by atoms with Crippen LogP contribution in [0, 0.1) is 5.82 Å². The molecule has 29 heavy (non-hydrogen) atoms. The third kappa shape index (κ3) is 5.38. The number of hydrogen-bond donors (Lipinski definition) is 0. The Morgan fingerprint density at radius 3 is 2.28 bits per heavy atom. The van der Waals surface area contributed by atoms with E-state index in [1.165, 1.54) is 12.1 Å². The number of benzene rings is 2. The smallest absolute Gasteiger partial charge is 0.236 e. The quantitative estimate of drug-likeness (QED) is 0.714. The second kappa shape index (κ2) is 9.60. The summed E-state index contributed by atoms with van der Waals surface area (Å²) in [5.41, 5.74) is 2.00. The number of amides is 1. The van der Waals surface area contributed by atoms with Crippen molar-refractivity contribution < 1.29 is 18.7 Å².